The Kier molecular flexibility index (Phi) is 5.00. The van der Waals surface area contributed by atoms with Crippen LogP contribution in [0.3, 0.4) is 0 Å². The first kappa shape index (κ1) is 14.4. The molecule has 1 heterocycles. The highest BCUT2D eigenvalue weighted by atomic mass is 16.5. The zero-order chi connectivity index (χ0) is 14.4. The molecule has 1 aromatic carbocycles. The van der Waals surface area contributed by atoms with Gasteiger partial charge in [-0.3, -0.25) is 4.79 Å². The topological polar surface area (TPSA) is 53.3 Å². The largest absolute Gasteiger partial charge is 0.497 e. The van der Waals surface area contributed by atoms with Gasteiger partial charge in [0.1, 0.15) is 5.75 Å². The predicted octanol–water partition coefficient (Wildman–Crippen LogP) is 2.39. The number of likely N-dealkylation sites (tertiary alicyclic amines) is 1. The van der Waals surface area contributed by atoms with E-state index in [2.05, 4.69) is 6.07 Å². The summed E-state index contributed by atoms with van der Waals surface area (Å²) >= 11 is 0. The molecule has 1 amide bonds. The van der Waals surface area contributed by atoms with Gasteiger partial charge in [0, 0.05) is 25.4 Å². The maximum Gasteiger partial charge on any atom is 0.222 e. The molecule has 4 nitrogen and oxygen atoms in total. The lowest BCUT2D eigenvalue weighted by molar-refractivity contribution is -0.132. The van der Waals surface area contributed by atoms with Crippen molar-refractivity contribution in [1.29, 1.82) is 5.26 Å². The van der Waals surface area contributed by atoms with Crippen molar-refractivity contribution in [2.24, 2.45) is 5.92 Å². The molecule has 0 bridgehead atoms. The summed E-state index contributed by atoms with van der Waals surface area (Å²) in [6, 6.07) is 10.1. The van der Waals surface area contributed by atoms with Gasteiger partial charge in [-0.15, -0.1) is 0 Å². The van der Waals surface area contributed by atoms with E-state index in [1.54, 1.807) is 7.11 Å². The molecule has 1 aromatic rings. The van der Waals surface area contributed by atoms with Crippen molar-refractivity contribution >= 4 is 5.91 Å². The Morgan fingerprint density at radius 3 is 2.55 bits per heavy atom. The maximum absolute atomic E-state index is 12.1. The number of nitrogens with zero attached hydrogens (tertiary/aromatic N) is 2. The van der Waals surface area contributed by atoms with E-state index in [4.69, 9.17) is 10.00 Å². The molecule has 1 fully saturated rings. The lowest BCUT2D eigenvalue weighted by Gasteiger charge is -2.29. The van der Waals surface area contributed by atoms with Crippen molar-refractivity contribution in [2.75, 3.05) is 20.2 Å². The van der Waals surface area contributed by atoms with E-state index in [-0.39, 0.29) is 11.8 Å². The summed E-state index contributed by atoms with van der Waals surface area (Å²) in [5, 5.41) is 8.85. The first-order chi connectivity index (χ1) is 9.72. The fourth-order valence-corrected chi connectivity index (χ4v) is 2.46. The van der Waals surface area contributed by atoms with Gasteiger partial charge in [-0.2, -0.15) is 5.26 Å². The van der Waals surface area contributed by atoms with Gasteiger partial charge < -0.3 is 9.64 Å². The number of carbonyl (C=O) groups is 1. The van der Waals surface area contributed by atoms with Crippen molar-refractivity contribution in [2.45, 2.75) is 25.7 Å². The molecule has 0 radical (unpaired) electrons. The SMILES string of the molecule is COc1ccc(CCC(=O)N2CCC(C#N)CC2)cc1. The first-order valence-electron chi connectivity index (χ1n) is 7.03. The number of amides is 1. The second-order valence-corrected chi connectivity index (χ2v) is 5.13. The van der Waals surface area contributed by atoms with E-state index in [9.17, 15) is 4.79 Å². The molecule has 0 saturated carbocycles. The van der Waals surface area contributed by atoms with Crippen LogP contribution in [0.4, 0.5) is 0 Å². The second kappa shape index (κ2) is 6.95. The molecular formula is C16H20N2O2. The molecule has 1 aliphatic heterocycles. The van der Waals surface area contributed by atoms with Crippen LogP contribution < -0.4 is 4.74 Å². The normalized spacial score (nSPS) is 15.7. The fraction of sp³-hybridized carbons (Fsp3) is 0.500. The Labute approximate surface area is 120 Å². The molecule has 0 unspecified atom stereocenters. The summed E-state index contributed by atoms with van der Waals surface area (Å²) in [4.78, 5) is 14.0. The zero-order valence-corrected chi connectivity index (χ0v) is 11.8. The van der Waals surface area contributed by atoms with Crippen LogP contribution in [0.15, 0.2) is 24.3 Å². The summed E-state index contributed by atoms with van der Waals surface area (Å²) in [5.41, 5.74) is 1.14. The van der Waals surface area contributed by atoms with E-state index in [0.29, 0.717) is 6.42 Å². The van der Waals surface area contributed by atoms with E-state index in [0.717, 1.165) is 43.7 Å². The number of hydrogen-bond acceptors (Lipinski definition) is 3. The van der Waals surface area contributed by atoms with Crippen molar-refractivity contribution in [3.8, 4) is 11.8 Å². The number of piperidine rings is 1. The average molecular weight is 272 g/mol. The molecule has 20 heavy (non-hydrogen) atoms. The number of methoxy groups -OCH3 is 1. The van der Waals surface area contributed by atoms with Crippen molar-refractivity contribution in [3.63, 3.8) is 0 Å². The second-order valence-electron chi connectivity index (χ2n) is 5.13. The van der Waals surface area contributed by atoms with Crippen LogP contribution in [0.25, 0.3) is 0 Å². The van der Waals surface area contributed by atoms with Crippen LogP contribution in [0.5, 0.6) is 5.75 Å². The minimum atomic E-state index is 0.126. The molecule has 0 spiro atoms. The number of benzene rings is 1. The summed E-state index contributed by atoms with van der Waals surface area (Å²) in [7, 11) is 1.64. The third kappa shape index (κ3) is 3.74. The van der Waals surface area contributed by atoms with E-state index in [1.165, 1.54) is 0 Å². The number of ether oxygens (including phenoxy) is 1. The van der Waals surface area contributed by atoms with E-state index in [1.807, 2.05) is 29.2 Å². The van der Waals surface area contributed by atoms with Crippen LogP contribution >= 0.6 is 0 Å². The third-order valence-corrected chi connectivity index (χ3v) is 3.82. The van der Waals surface area contributed by atoms with E-state index >= 15 is 0 Å². The summed E-state index contributed by atoms with van der Waals surface area (Å²) < 4.78 is 5.11. The zero-order valence-electron chi connectivity index (χ0n) is 11.8. The Morgan fingerprint density at radius 1 is 1.35 bits per heavy atom. The molecule has 0 aromatic heterocycles. The number of hydrogen-bond donors (Lipinski definition) is 0. The van der Waals surface area contributed by atoms with Gasteiger partial charge in [-0.25, -0.2) is 0 Å². The highest BCUT2D eigenvalue weighted by Crippen LogP contribution is 2.18. The fourth-order valence-electron chi connectivity index (χ4n) is 2.46. The van der Waals surface area contributed by atoms with Crippen molar-refractivity contribution in [3.05, 3.63) is 29.8 Å². The molecule has 1 aliphatic rings. The first-order valence-corrected chi connectivity index (χ1v) is 7.03. The predicted molar refractivity (Wildman–Crippen MR) is 76.2 cm³/mol. The summed E-state index contributed by atoms with van der Waals surface area (Å²) in [6.45, 7) is 1.44. The van der Waals surface area contributed by atoms with Crippen LogP contribution in [-0.4, -0.2) is 31.0 Å². The number of carbonyl (C=O) groups excluding carboxylic acids is 1. The monoisotopic (exact) mass is 272 g/mol. The van der Waals surface area contributed by atoms with Gasteiger partial charge in [-0.05, 0) is 37.0 Å². The van der Waals surface area contributed by atoms with Gasteiger partial charge in [0.2, 0.25) is 5.91 Å². The molecule has 2 rings (SSSR count). The Bertz CT molecular complexity index is 482. The highest BCUT2D eigenvalue weighted by Gasteiger charge is 2.21. The number of rotatable bonds is 4. The average Bonchev–Trinajstić information content (AvgIpc) is 2.53. The van der Waals surface area contributed by atoms with Gasteiger partial charge >= 0.3 is 0 Å². The lowest BCUT2D eigenvalue weighted by Crippen LogP contribution is -2.38. The molecule has 106 valence electrons. The van der Waals surface area contributed by atoms with Crippen LogP contribution in [0.1, 0.15) is 24.8 Å². The highest BCUT2D eigenvalue weighted by molar-refractivity contribution is 5.76. The molecule has 1 saturated heterocycles. The minimum absolute atomic E-state index is 0.126. The Morgan fingerprint density at radius 2 is 2.00 bits per heavy atom. The number of aryl methyl sites for hydroxylation is 1. The van der Waals surface area contributed by atoms with Crippen LogP contribution in [0, 0.1) is 17.2 Å². The lowest BCUT2D eigenvalue weighted by atomic mass is 9.98. The molecule has 0 aliphatic carbocycles. The van der Waals surface area contributed by atoms with Crippen LogP contribution in [-0.2, 0) is 11.2 Å². The van der Waals surface area contributed by atoms with Gasteiger partial charge in [0.15, 0.2) is 0 Å². The summed E-state index contributed by atoms with van der Waals surface area (Å²) in [6.07, 6.45) is 2.90. The molecule has 4 heteroatoms. The summed E-state index contributed by atoms with van der Waals surface area (Å²) in [5.74, 6) is 1.15. The van der Waals surface area contributed by atoms with Crippen molar-refractivity contribution < 1.29 is 9.53 Å². The van der Waals surface area contributed by atoms with Gasteiger partial charge in [0.25, 0.3) is 0 Å². The Hall–Kier alpha value is -2.02. The van der Waals surface area contributed by atoms with Gasteiger partial charge in [0.05, 0.1) is 13.2 Å². The van der Waals surface area contributed by atoms with Crippen LogP contribution in [0.2, 0.25) is 0 Å². The molecule has 0 atom stereocenters. The third-order valence-electron chi connectivity index (χ3n) is 3.82. The van der Waals surface area contributed by atoms with Crippen molar-refractivity contribution in [1.82, 2.24) is 4.90 Å². The maximum atomic E-state index is 12.1. The molecular weight excluding hydrogens is 252 g/mol. The molecule has 0 N–H and O–H groups in total. The minimum Gasteiger partial charge on any atom is -0.497 e. The van der Waals surface area contributed by atoms with Gasteiger partial charge in [-0.1, -0.05) is 12.1 Å². The quantitative estimate of drug-likeness (QED) is 0.845. The van der Waals surface area contributed by atoms with E-state index < -0.39 is 0 Å². The Balaban J connectivity index is 1.79. The standard InChI is InChI=1S/C16H20N2O2/c1-20-15-5-2-13(3-6-15)4-7-16(19)18-10-8-14(12-17)9-11-18/h2-3,5-6,14H,4,7-11H2,1H3. The smallest absolute Gasteiger partial charge is 0.222 e. The number of nitriles is 1.